The Kier molecular flexibility index (Phi) is 6.22. The average molecular weight is 323 g/mol. The lowest BCUT2D eigenvalue weighted by Crippen LogP contribution is -2.24. The van der Waals surface area contributed by atoms with Crippen LogP contribution in [0.4, 0.5) is 13.2 Å². The summed E-state index contributed by atoms with van der Waals surface area (Å²) in [7, 11) is -3.11. The molecule has 0 radical (unpaired) electrons. The Morgan fingerprint density at radius 3 is 2.38 bits per heavy atom. The van der Waals surface area contributed by atoms with Gasteiger partial charge < -0.3 is 5.32 Å². The Bertz CT molecular complexity index is 556. The molecular weight excluding hydrogens is 303 g/mol. The third-order valence-electron chi connectivity index (χ3n) is 3.10. The summed E-state index contributed by atoms with van der Waals surface area (Å²) in [6.45, 7) is 2.31. The van der Waals surface area contributed by atoms with Crippen LogP contribution in [0.25, 0.3) is 0 Å². The predicted molar refractivity (Wildman–Crippen MR) is 76.8 cm³/mol. The maximum Gasteiger partial charge on any atom is 0.416 e. The van der Waals surface area contributed by atoms with Crippen molar-refractivity contribution in [1.29, 1.82) is 0 Å². The summed E-state index contributed by atoms with van der Waals surface area (Å²) in [6, 6.07) is 4.90. The molecule has 1 rings (SSSR count). The van der Waals surface area contributed by atoms with E-state index in [0.29, 0.717) is 19.4 Å². The second-order valence-corrected chi connectivity index (χ2v) is 7.23. The second-order valence-electron chi connectivity index (χ2n) is 4.97. The summed E-state index contributed by atoms with van der Waals surface area (Å²) < 4.78 is 61.4. The van der Waals surface area contributed by atoms with Crippen LogP contribution in [0.15, 0.2) is 24.3 Å². The number of alkyl halides is 3. The van der Waals surface area contributed by atoms with Gasteiger partial charge in [-0.3, -0.25) is 0 Å². The van der Waals surface area contributed by atoms with E-state index < -0.39 is 27.6 Å². The van der Waals surface area contributed by atoms with Crippen molar-refractivity contribution in [3.63, 3.8) is 0 Å². The third-order valence-corrected chi connectivity index (χ3v) is 4.13. The van der Waals surface area contributed by atoms with Crippen molar-refractivity contribution < 1.29 is 21.6 Å². The lowest BCUT2D eigenvalue weighted by molar-refractivity contribution is -0.138. The van der Waals surface area contributed by atoms with Gasteiger partial charge in [-0.1, -0.05) is 25.1 Å². The maximum atomic E-state index is 13.0. The molecule has 1 N–H and O–H groups in total. The lowest BCUT2D eigenvalue weighted by Gasteiger charge is -2.22. The quantitative estimate of drug-likeness (QED) is 0.838. The highest BCUT2D eigenvalue weighted by atomic mass is 32.2. The SMILES string of the molecule is CCNC(CCCS(C)(=O)=O)c1ccccc1C(F)(F)F. The van der Waals surface area contributed by atoms with Gasteiger partial charge in [-0.25, -0.2) is 8.42 Å². The van der Waals surface area contributed by atoms with Crippen LogP contribution in [0.1, 0.15) is 36.9 Å². The van der Waals surface area contributed by atoms with E-state index in [1.165, 1.54) is 12.1 Å². The fraction of sp³-hybridized carbons (Fsp3) is 0.571. The van der Waals surface area contributed by atoms with E-state index in [4.69, 9.17) is 0 Å². The van der Waals surface area contributed by atoms with Crippen molar-refractivity contribution >= 4 is 9.84 Å². The highest BCUT2D eigenvalue weighted by Crippen LogP contribution is 2.35. The van der Waals surface area contributed by atoms with E-state index in [1.54, 1.807) is 13.0 Å². The summed E-state index contributed by atoms with van der Waals surface area (Å²) in [4.78, 5) is 0. The van der Waals surface area contributed by atoms with Crippen LogP contribution < -0.4 is 5.32 Å². The van der Waals surface area contributed by atoms with Crippen LogP contribution >= 0.6 is 0 Å². The van der Waals surface area contributed by atoms with Gasteiger partial charge in [0.05, 0.1) is 5.56 Å². The first-order chi connectivity index (χ1) is 9.65. The van der Waals surface area contributed by atoms with Gasteiger partial charge in [-0.2, -0.15) is 13.2 Å². The zero-order valence-electron chi connectivity index (χ0n) is 12.1. The van der Waals surface area contributed by atoms with E-state index in [1.807, 2.05) is 0 Å². The fourth-order valence-corrected chi connectivity index (χ4v) is 2.91. The Balaban J connectivity index is 2.95. The first-order valence-corrected chi connectivity index (χ1v) is 8.78. The first-order valence-electron chi connectivity index (χ1n) is 6.72. The van der Waals surface area contributed by atoms with Crippen LogP contribution in [-0.4, -0.2) is 27.0 Å². The highest BCUT2D eigenvalue weighted by molar-refractivity contribution is 7.90. The summed E-state index contributed by atoms with van der Waals surface area (Å²) in [5.41, 5.74) is -0.504. The third kappa shape index (κ3) is 6.05. The van der Waals surface area contributed by atoms with Gasteiger partial charge in [0.25, 0.3) is 0 Å². The van der Waals surface area contributed by atoms with Crippen molar-refractivity contribution in [3.8, 4) is 0 Å². The lowest BCUT2D eigenvalue weighted by atomic mass is 9.96. The van der Waals surface area contributed by atoms with E-state index >= 15 is 0 Å². The summed E-state index contributed by atoms with van der Waals surface area (Å²) in [6.07, 6.45) is -2.63. The number of halogens is 3. The predicted octanol–water partition coefficient (Wildman–Crippen LogP) is 3.18. The van der Waals surface area contributed by atoms with Crippen molar-refractivity contribution in [2.24, 2.45) is 0 Å². The Hall–Kier alpha value is -1.08. The minimum absolute atomic E-state index is 0.0247. The van der Waals surface area contributed by atoms with E-state index in [2.05, 4.69) is 5.32 Å². The zero-order valence-corrected chi connectivity index (χ0v) is 12.9. The maximum absolute atomic E-state index is 13.0. The Morgan fingerprint density at radius 1 is 1.24 bits per heavy atom. The molecule has 0 fully saturated rings. The summed E-state index contributed by atoms with van der Waals surface area (Å²) in [5.74, 6) is -0.0247. The second kappa shape index (κ2) is 7.26. The molecule has 0 saturated heterocycles. The highest BCUT2D eigenvalue weighted by Gasteiger charge is 2.34. The van der Waals surface area contributed by atoms with Crippen LogP contribution in [0.2, 0.25) is 0 Å². The van der Waals surface area contributed by atoms with Crippen molar-refractivity contribution in [2.45, 2.75) is 32.0 Å². The first kappa shape index (κ1) is 18.0. The summed E-state index contributed by atoms with van der Waals surface area (Å²) >= 11 is 0. The van der Waals surface area contributed by atoms with Gasteiger partial charge in [-0.15, -0.1) is 0 Å². The molecule has 120 valence electrons. The minimum Gasteiger partial charge on any atom is -0.310 e. The number of nitrogens with one attached hydrogen (secondary N) is 1. The molecule has 1 unspecified atom stereocenters. The number of hydrogen-bond acceptors (Lipinski definition) is 3. The van der Waals surface area contributed by atoms with Crippen molar-refractivity contribution in [3.05, 3.63) is 35.4 Å². The monoisotopic (exact) mass is 323 g/mol. The number of rotatable bonds is 7. The van der Waals surface area contributed by atoms with Crippen molar-refractivity contribution in [2.75, 3.05) is 18.6 Å². The Morgan fingerprint density at radius 2 is 1.86 bits per heavy atom. The molecule has 0 spiro atoms. The standard InChI is InChI=1S/C14H20F3NO2S/c1-3-18-13(9-6-10-21(2,19)20)11-7-4-5-8-12(11)14(15,16)17/h4-5,7-8,13,18H,3,6,9-10H2,1-2H3. The fourth-order valence-electron chi connectivity index (χ4n) is 2.22. The molecule has 0 bridgehead atoms. The average Bonchev–Trinajstić information content (AvgIpc) is 2.35. The molecule has 0 aromatic heterocycles. The van der Waals surface area contributed by atoms with Gasteiger partial charge in [0.15, 0.2) is 0 Å². The topological polar surface area (TPSA) is 46.2 Å². The Labute approximate surface area is 123 Å². The van der Waals surface area contributed by atoms with Gasteiger partial charge in [0.1, 0.15) is 9.84 Å². The molecular formula is C14H20F3NO2S. The van der Waals surface area contributed by atoms with E-state index in [0.717, 1.165) is 12.3 Å². The molecule has 1 atom stereocenters. The molecule has 1 aromatic carbocycles. The molecule has 1 aromatic rings. The van der Waals surface area contributed by atoms with Crippen LogP contribution in [0, 0.1) is 0 Å². The molecule has 7 heteroatoms. The smallest absolute Gasteiger partial charge is 0.310 e. The van der Waals surface area contributed by atoms with Gasteiger partial charge in [-0.05, 0) is 31.0 Å². The molecule has 0 amide bonds. The zero-order chi connectivity index (χ0) is 16.1. The van der Waals surface area contributed by atoms with Crippen LogP contribution in [0.5, 0.6) is 0 Å². The molecule has 21 heavy (non-hydrogen) atoms. The molecule has 0 aliphatic heterocycles. The summed E-state index contributed by atoms with van der Waals surface area (Å²) in [5, 5.41) is 3.00. The van der Waals surface area contributed by atoms with E-state index in [9.17, 15) is 21.6 Å². The molecule has 0 aliphatic rings. The van der Waals surface area contributed by atoms with E-state index in [-0.39, 0.29) is 11.3 Å². The minimum atomic E-state index is -4.42. The molecule has 0 saturated carbocycles. The van der Waals surface area contributed by atoms with Crippen LogP contribution in [0.3, 0.4) is 0 Å². The molecule has 3 nitrogen and oxygen atoms in total. The van der Waals surface area contributed by atoms with Crippen LogP contribution in [-0.2, 0) is 16.0 Å². The molecule has 0 aliphatic carbocycles. The van der Waals surface area contributed by atoms with Gasteiger partial charge in [0, 0.05) is 18.1 Å². The number of sulfone groups is 1. The number of benzene rings is 1. The van der Waals surface area contributed by atoms with Gasteiger partial charge in [0.2, 0.25) is 0 Å². The van der Waals surface area contributed by atoms with Gasteiger partial charge >= 0.3 is 6.18 Å². The van der Waals surface area contributed by atoms with Crippen molar-refractivity contribution in [1.82, 2.24) is 5.32 Å². The number of hydrogen-bond donors (Lipinski definition) is 1. The largest absolute Gasteiger partial charge is 0.416 e. The normalized spacial score (nSPS) is 14.1. The molecule has 0 heterocycles.